The lowest BCUT2D eigenvalue weighted by molar-refractivity contribution is -0.384. The predicted molar refractivity (Wildman–Crippen MR) is 70.3 cm³/mol. The fourth-order valence-corrected chi connectivity index (χ4v) is 1.95. The van der Waals surface area contributed by atoms with Crippen LogP contribution in [0.3, 0.4) is 0 Å². The molecule has 1 atom stereocenters. The van der Waals surface area contributed by atoms with Gasteiger partial charge in [0.15, 0.2) is 5.78 Å². The summed E-state index contributed by atoms with van der Waals surface area (Å²) in [4.78, 5) is 33.5. The fraction of sp³-hybridized carbons (Fsp3) is 0.231. The van der Waals surface area contributed by atoms with Crippen LogP contribution in [0.5, 0.6) is 0 Å². The van der Waals surface area contributed by atoms with E-state index in [-0.39, 0.29) is 17.0 Å². The van der Waals surface area contributed by atoms with Crippen molar-refractivity contribution in [2.75, 3.05) is 0 Å². The van der Waals surface area contributed by atoms with Gasteiger partial charge in [-0.1, -0.05) is 0 Å². The molecule has 19 heavy (non-hydrogen) atoms. The van der Waals surface area contributed by atoms with Crippen LogP contribution in [-0.2, 0) is 4.79 Å². The number of benzene rings is 1. The van der Waals surface area contributed by atoms with Crippen LogP contribution in [-0.4, -0.2) is 15.3 Å². The van der Waals surface area contributed by atoms with Gasteiger partial charge in [-0.2, -0.15) is 0 Å². The standard InChI is InChI=1S/C13H12N2O4/c1-8(9(2)16)14-12-5-4-11(15(18)19)7-10(12)3-6-13(14)17/h3-8H,1-2H3. The average molecular weight is 260 g/mol. The van der Waals surface area contributed by atoms with Crippen LogP contribution in [0.25, 0.3) is 10.9 Å². The molecule has 6 heteroatoms. The van der Waals surface area contributed by atoms with Crippen molar-refractivity contribution in [3.05, 3.63) is 50.8 Å². The Labute approximate surface area is 108 Å². The monoisotopic (exact) mass is 260 g/mol. The summed E-state index contributed by atoms with van der Waals surface area (Å²) in [5, 5.41) is 11.3. The molecule has 2 rings (SSSR count). The third kappa shape index (κ3) is 2.24. The van der Waals surface area contributed by atoms with Crippen molar-refractivity contribution >= 4 is 22.4 Å². The molecule has 1 aromatic carbocycles. The third-order valence-corrected chi connectivity index (χ3v) is 3.10. The minimum atomic E-state index is -0.599. The van der Waals surface area contributed by atoms with Crippen molar-refractivity contribution < 1.29 is 9.72 Å². The molecule has 0 aliphatic heterocycles. The minimum Gasteiger partial charge on any atom is -0.298 e. The largest absolute Gasteiger partial charge is 0.298 e. The highest BCUT2D eigenvalue weighted by atomic mass is 16.6. The first kappa shape index (κ1) is 12.9. The van der Waals surface area contributed by atoms with E-state index in [2.05, 4.69) is 0 Å². The number of fused-ring (bicyclic) bond motifs is 1. The van der Waals surface area contributed by atoms with E-state index in [9.17, 15) is 19.7 Å². The number of pyridine rings is 1. The highest BCUT2D eigenvalue weighted by molar-refractivity contribution is 5.85. The molecule has 2 aromatic rings. The molecular formula is C13H12N2O4. The molecule has 0 amide bonds. The van der Waals surface area contributed by atoms with Gasteiger partial charge in [-0.15, -0.1) is 0 Å². The number of ketones is 1. The number of rotatable bonds is 3. The van der Waals surface area contributed by atoms with E-state index in [0.717, 1.165) is 0 Å². The van der Waals surface area contributed by atoms with E-state index in [4.69, 9.17) is 0 Å². The van der Waals surface area contributed by atoms with Crippen molar-refractivity contribution in [3.63, 3.8) is 0 Å². The zero-order valence-electron chi connectivity index (χ0n) is 10.5. The van der Waals surface area contributed by atoms with E-state index >= 15 is 0 Å². The van der Waals surface area contributed by atoms with Gasteiger partial charge in [0.2, 0.25) is 0 Å². The van der Waals surface area contributed by atoms with Crippen molar-refractivity contribution in [3.8, 4) is 0 Å². The van der Waals surface area contributed by atoms with Gasteiger partial charge in [-0.25, -0.2) is 0 Å². The lowest BCUT2D eigenvalue weighted by Gasteiger charge is -2.14. The Hall–Kier alpha value is -2.50. The Morgan fingerprint density at radius 2 is 2.00 bits per heavy atom. The number of aromatic nitrogens is 1. The molecule has 0 saturated carbocycles. The van der Waals surface area contributed by atoms with Gasteiger partial charge >= 0.3 is 0 Å². The predicted octanol–water partition coefficient (Wildman–Crippen LogP) is 2.06. The summed E-state index contributed by atoms with van der Waals surface area (Å²) in [5.74, 6) is -0.145. The van der Waals surface area contributed by atoms with Crippen molar-refractivity contribution in [2.45, 2.75) is 19.9 Å². The number of hydrogen-bond donors (Lipinski definition) is 0. The Balaban J connectivity index is 2.77. The molecule has 0 N–H and O–H groups in total. The van der Waals surface area contributed by atoms with Crippen LogP contribution in [0, 0.1) is 10.1 Å². The van der Waals surface area contributed by atoms with E-state index in [0.29, 0.717) is 10.9 Å². The smallest absolute Gasteiger partial charge is 0.270 e. The zero-order chi connectivity index (χ0) is 14.2. The number of nitrogens with zero attached hydrogens (tertiary/aromatic N) is 2. The van der Waals surface area contributed by atoms with Crippen LogP contribution in [0.2, 0.25) is 0 Å². The summed E-state index contributed by atoms with van der Waals surface area (Å²) in [6.07, 6.45) is 0. The van der Waals surface area contributed by atoms with Gasteiger partial charge in [-0.3, -0.25) is 24.3 Å². The Kier molecular flexibility index (Phi) is 3.16. The van der Waals surface area contributed by atoms with Gasteiger partial charge < -0.3 is 0 Å². The molecule has 6 nitrogen and oxygen atoms in total. The summed E-state index contributed by atoms with van der Waals surface area (Å²) in [6.45, 7) is 3.03. The molecule has 0 fully saturated rings. The van der Waals surface area contributed by atoms with E-state index in [1.807, 2.05) is 0 Å². The molecule has 0 spiro atoms. The molecule has 0 bridgehead atoms. The van der Waals surface area contributed by atoms with E-state index in [1.54, 1.807) is 6.92 Å². The van der Waals surface area contributed by atoms with Crippen molar-refractivity contribution in [1.82, 2.24) is 4.57 Å². The summed E-state index contributed by atoms with van der Waals surface area (Å²) < 4.78 is 1.35. The molecule has 0 aliphatic carbocycles. The van der Waals surface area contributed by atoms with Crippen LogP contribution >= 0.6 is 0 Å². The van der Waals surface area contributed by atoms with Crippen molar-refractivity contribution in [1.29, 1.82) is 0 Å². The minimum absolute atomic E-state index is 0.0480. The normalized spacial score (nSPS) is 12.3. The maximum absolute atomic E-state index is 11.9. The Morgan fingerprint density at radius 3 is 2.58 bits per heavy atom. The van der Waals surface area contributed by atoms with E-state index in [1.165, 1.54) is 41.8 Å². The molecule has 1 aromatic heterocycles. The lowest BCUT2D eigenvalue weighted by Crippen LogP contribution is -2.26. The average Bonchev–Trinajstić information content (AvgIpc) is 2.37. The Bertz CT molecular complexity index is 733. The van der Waals surface area contributed by atoms with Crippen LogP contribution in [0.4, 0.5) is 5.69 Å². The van der Waals surface area contributed by atoms with E-state index < -0.39 is 11.0 Å². The van der Waals surface area contributed by atoms with Crippen LogP contribution in [0.15, 0.2) is 35.1 Å². The topological polar surface area (TPSA) is 82.2 Å². The molecule has 98 valence electrons. The molecule has 0 saturated heterocycles. The van der Waals surface area contributed by atoms with Crippen LogP contribution in [0.1, 0.15) is 19.9 Å². The second kappa shape index (κ2) is 4.64. The molecule has 0 aliphatic rings. The maximum Gasteiger partial charge on any atom is 0.270 e. The summed E-state index contributed by atoms with van der Waals surface area (Å²) >= 11 is 0. The van der Waals surface area contributed by atoms with Gasteiger partial charge in [0.05, 0.1) is 16.5 Å². The maximum atomic E-state index is 11.9. The number of hydrogen-bond acceptors (Lipinski definition) is 4. The lowest BCUT2D eigenvalue weighted by atomic mass is 10.1. The number of carbonyl (C=O) groups excluding carboxylic acids is 1. The highest BCUT2D eigenvalue weighted by Gasteiger charge is 2.15. The SMILES string of the molecule is CC(=O)C(C)n1c(=O)ccc2cc([N+](=O)[O-])ccc21. The second-order valence-electron chi connectivity index (χ2n) is 4.33. The second-order valence-corrected chi connectivity index (χ2v) is 4.33. The Morgan fingerprint density at radius 1 is 1.32 bits per heavy atom. The number of nitro groups is 1. The number of carbonyl (C=O) groups is 1. The number of non-ortho nitro benzene ring substituents is 1. The number of nitro benzene ring substituents is 1. The number of Topliss-reactive ketones (excluding diaryl/α,β-unsaturated/α-hetero) is 1. The quantitative estimate of drug-likeness (QED) is 0.624. The summed E-state index contributed by atoms with van der Waals surface area (Å²) in [6, 6.07) is 6.44. The molecule has 1 unspecified atom stereocenters. The first-order valence-corrected chi connectivity index (χ1v) is 5.72. The van der Waals surface area contributed by atoms with Gasteiger partial charge in [0.25, 0.3) is 11.2 Å². The van der Waals surface area contributed by atoms with Crippen molar-refractivity contribution in [2.24, 2.45) is 0 Å². The third-order valence-electron chi connectivity index (χ3n) is 3.10. The first-order valence-electron chi connectivity index (χ1n) is 5.72. The first-order chi connectivity index (χ1) is 8.91. The summed E-state index contributed by atoms with van der Waals surface area (Å²) in [7, 11) is 0. The molecular weight excluding hydrogens is 248 g/mol. The highest BCUT2D eigenvalue weighted by Crippen LogP contribution is 2.21. The molecule has 0 radical (unpaired) electrons. The molecule has 1 heterocycles. The summed E-state index contributed by atoms with van der Waals surface area (Å²) in [5.41, 5.74) is 0.165. The fourth-order valence-electron chi connectivity index (χ4n) is 1.95. The van der Waals surface area contributed by atoms with Gasteiger partial charge in [-0.05, 0) is 26.0 Å². The van der Waals surface area contributed by atoms with Gasteiger partial charge in [0, 0.05) is 23.6 Å². The van der Waals surface area contributed by atoms with Crippen LogP contribution < -0.4 is 5.56 Å². The zero-order valence-corrected chi connectivity index (χ0v) is 10.5. The van der Waals surface area contributed by atoms with Gasteiger partial charge in [0.1, 0.15) is 0 Å².